The van der Waals surface area contributed by atoms with Crippen LogP contribution in [0.1, 0.15) is 34.7 Å². The number of fused-ring (bicyclic) bond motifs is 1. The Bertz CT molecular complexity index is 1290. The number of hydrogen-bond acceptors (Lipinski definition) is 7. The maximum absolute atomic E-state index is 11.9. The molecule has 148 valence electrons. The van der Waals surface area contributed by atoms with E-state index in [0.29, 0.717) is 16.9 Å². The summed E-state index contributed by atoms with van der Waals surface area (Å²) in [5.41, 5.74) is 7.86. The van der Waals surface area contributed by atoms with Gasteiger partial charge in [0.2, 0.25) is 0 Å². The molecule has 4 aromatic rings. The number of nitrogens with one attached hydrogen (secondary N) is 1. The molecule has 0 spiro atoms. The molecule has 2 aromatic heterocycles. The number of carboxylic acids is 1. The number of aromatic carboxylic acids is 1. The van der Waals surface area contributed by atoms with E-state index in [-0.39, 0.29) is 22.8 Å². The van der Waals surface area contributed by atoms with Crippen LogP contribution in [-0.4, -0.2) is 30.6 Å². The van der Waals surface area contributed by atoms with Crippen LogP contribution in [0.3, 0.4) is 0 Å². The molecule has 2 heterocycles. The highest BCUT2D eigenvalue weighted by Gasteiger charge is 2.23. The van der Waals surface area contributed by atoms with E-state index in [9.17, 15) is 15.2 Å². The van der Waals surface area contributed by atoms with E-state index in [4.69, 9.17) is 5.73 Å². The highest BCUT2D eigenvalue weighted by molar-refractivity contribution is 6.02. The fourth-order valence-electron chi connectivity index (χ4n) is 3.33. The lowest BCUT2D eigenvalue weighted by Gasteiger charge is -2.18. The van der Waals surface area contributed by atoms with E-state index in [1.807, 2.05) is 43.3 Å². The van der Waals surface area contributed by atoms with Gasteiger partial charge in [-0.2, -0.15) is 5.26 Å². The number of nitrogen functional groups attached to an aromatic ring is 1. The van der Waals surface area contributed by atoms with Crippen molar-refractivity contribution in [1.29, 1.82) is 5.26 Å². The molecule has 0 fully saturated rings. The van der Waals surface area contributed by atoms with E-state index in [2.05, 4.69) is 20.3 Å². The number of carboxylic acid groups (broad SMARTS) is 1. The van der Waals surface area contributed by atoms with E-state index in [1.165, 1.54) is 6.33 Å². The van der Waals surface area contributed by atoms with Crippen LogP contribution < -0.4 is 11.1 Å². The Labute approximate surface area is 171 Å². The summed E-state index contributed by atoms with van der Waals surface area (Å²) in [5.74, 6) is -0.124. The van der Waals surface area contributed by atoms with Gasteiger partial charge in [-0.05, 0) is 31.2 Å². The Morgan fingerprint density at radius 1 is 1.20 bits per heavy atom. The fourth-order valence-corrected chi connectivity index (χ4v) is 3.33. The lowest BCUT2D eigenvalue weighted by Crippen LogP contribution is -2.16. The Morgan fingerprint density at radius 3 is 2.67 bits per heavy atom. The molecule has 2 aromatic carbocycles. The largest absolute Gasteiger partial charge is 0.478 e. The van der Waals surface area contributed by atoms with Crippen LogP contribution in [0.5, 0.6) is 0 Å². The first-order valence-electron chi connectivity index (χ1n) is 9.08. The van der Waals surface area contributed by atoms with Crippen molar-refractivity contribution in [2.45, 2.75) is 13.0 Å². The Morgan fingerprint density at radius 2 is 1.97 bits per heavy atom. The average molecular weight is 399 g/mol. The van der Waals surface area contributed by atoms with E-state index < -0.39 is 12.0 Å². The van der Waals surface area contributed by atoms with Gasteiger partial charge in [-0.1, -0.05) is 24.3 Å². The third kappa shape index (κ3) is 3.16. The monoisotopic (exact) mass is 399 g/mol. The minimum absolute atomic E-state index is 0.0759. The van der Waals surface area contributed by atoms with Crippen LogP contribution in [0.2, 0.25) is 0 Å². The predicted molar refractivity (Wildman–Crippen MR) is 111 cm³/mol. The number of nitrogens with zero attached hydrogens (tertiary/aromatic N) is 5. The lowest BCUT2D eigenvalue weighted by molar-refractivity contribution is 0.0698. The maximum Gasteiger partial charge on any atom is 0.337 e. The number of nitrogens with two attached hydrogens (primary N) is 1. The molecule has 0 aliphatic heterocycles. The zero-order valence-corrected chi connectivity index (χ0v) is 15.9. The average Bonchev–Trinajstić information content (AvgIpc) is 3.14. The zero-order valence-electron chi connectivity index (χ0n) is 15.9. The highest BCUT2D eigenvalue weighted by Crippen LogP contribution is 2.30. The van der Waals surface area contributed by atoms with Gasteiger partial charge in [0.1, 0.15) is 35.4 Å². The number of imidazole rings is 1. The number of rotatable bonds is 5. The molecule has 4 rings (SSSR count). The molecule has 0 amide bonds. The molecule has 30 heavy (non-hydrogen) atoms. The van der Waals surface area contributed by atoms with E-state index >= 15 is 0 Å². The van der Waals surface area contributed by atoms with Crippen molar-refractivity contribution in [2.75, 3.05) is 11.1 Å². The number of nitriles is 1. The highest BCUT2D eigenvalue weighted by atomic mass is 16.4. The van der Waals surface area contributed by atoms with Gasteiger partial charge in [0.15, 0.2) is 0 Å². The standard InChI is InChI=1S/C21H17N7O2/c1-12(26-19-15(10-22)18(23)24-11-25-19)20-27-16-9-5-8-14(21(29)30)17(16)28(20)13-6-3-2-4-7-13/h2-9,11-12H,1H3,(H,29,30)(H3,23,24,25,26). The molecule has 0 bridgehead atoms. The normalized spacial score (nSPS) is 11.7. The number of hydrogen-bond donors (Lipinski definition) is 3. The summed E-state index contributed by atoms with van der Waals surface area (Å²) in [6.45, 7) is 1.85. The van der Waals surface area contributed by atoms with Crippen molar-refractivity contribution in [3.05, 3.63) is 71.8 Å². The van der Waals surface area contributed by atoms with E-state index in [1.54, 1.807) is 22.8 Å². The summed E-state index contributed by atoms with van der Waals surface area (Å²) < 4.78 is 1.80. The van der Waals surface area contributed by atoms with Crippen LogP contribution in [0.25, 0.3) is 16.7 Å². The molecule has 0 aliphatic rings. The number of anilines is 2. The second-order valence-corrected chi connectivity index (χ2v) is 6.58. The first-order chi connectivity index (χ1) is 14.5. The van der Waals surface area contributed by atoms with Crippen LogP contribution >= 0.6 is 0 Å². The zero-order chi connectivity index (χ0) is 21.3. The maximum atomic E-state index is 11.9. The Balaban J connectivity index is 1.91. The number of benzene rings is 2. The minimum atomic E-state index is -1.04. The molecule has 0 radical (unpaired) electrons. The second-order valence-electron chi connectivity index (χ2n) is 6.58. The smallest absolute Gasteiger partial charge is 0.337 e. The summed E-state index contributed by atoms with van der Waals surface area (Å²) in [7, 11) is 0. The number of para-hydroxylation sites is 2. The second kappa shape index (κ2) is 7.52. The third-order valence-electron chi connectivity index (χ3n) is 4.68. The molecule has 0 saturated carbocycles. The van der Waals surface area contributed by atoms with Crippen molar-refractivity contribution in [3.8, 4) is 11.8 Å². The predicted octanol–water partition coefficient (Wildman–Crippen LogP) is 3.14. The Hall–Kier alpha value is -4.45. The van der Waals surface area contributed by atoms with Crippen molar-refractivity contribution in [3.63, 3.8) is 0 Å². The molecule has 9 heteroatoms. The van der Waals surface area contributed by atoms with Crippen LogP contribution in [0.4, 0.5) is 11.6 Å². The Kier molecular flexibility index (Phi) is 4.74. The van der Waals surface area contributed by atoms with Gasteiger partial charge in [-0.3, -0.25) is 4.57 Å². The van der Waals surface area contributed by atoms with Gasteiger partial charge in [0, 0.05) is 5.69 Å². The van der Waals surface area contributed by atoms with Crippen molar-refractivity contribution >= 4 is 28.6 Å². The summed E-state index contributed by atoms with van der Waals surface area (Å²) in [6, 6.07) is 15.9. The molecule has 1 unspecified atom stereocenters. The summed E-state index contributed by atoms with van der Waals surface area (Å²) in [4.78, 5) is 24.5. The van der Waals surface area contributed by atoms with Gasteiger partial charge in [0.05, 0.1) is 22.6 Å². The summed E-state index contributed by atoms with van der Waals surface area (Å²) in [5, 5.41) is 22.3. The lowest BCUT2D eigenvalue weighted by atomic mass is 10.1. The molecule has 0 saturated heterocycles. The number of carbonyl (C=O) groups is 1. The molecule has 0 aliphatic carbocycles. The molecule has 4 N–H and O–H groups in total. The van der Waals surface area contributed by atoms with Gasteiger partial charge >= 0.3 is 5.97 Å². The quantitative estimate of drug-likeness (QED) is 0.464. The first-order valence-corrected chi connectivity index (χ1v) is 9.08. The number of aromatic nitrogens is 4. The summed E-state index contributed by atoms with van der Waals surface area (Å²) >= 11 is 0. The first kappa shape index (κ1) is 18.9. The third-order valence-corrected chi connectivity index (χ3v) is 4.68. The molecule has 1 atom stereocenters. The van der Waals surface area contributed by atoms with Gasteiger partial charge < -0.3 is 16.2 Å². The summed E-state index contributed by atoms with van der Waals surface area (Å²) in [6.07, 6.45) is 1.27. The van der Waals surface area contributed by atoms with Crippen molar-refractivity contribution < 1.29 is 9.90 Å². The van der Waals surface area contributed by atoms with Crippen molar-refractivity contribution in [2.24, 2.45) is 0 Å². The van der Waals surface area contributed by atoms with Gasteiger partial charge in [-0.25, -0.2) is 19.7 Å². The van der Waals surface area contributed by atoms with E-state index in [0.717, 1.165) is 5.69 Å². The molecular weight excluding hydrogens is 382 g/mol. The van der Waals surface area contributed by atoms with Gasteiger partial charge in [-0.15, -0.1) is 0 Å². The van der Waals surface area contributed by atoms with Crippen LogP contribution in [0, 0.1) is 11.3 Å². The molecular formula is C21H17N7O2. The topological polar surface area (TPSA) is 143 Å². The fraction of sp³-hybridized carbons (Fsp3) is 0.0952. The van der Waals surface area contributed by atoms with Gasteiger partial charge in [0.25, 0.3) is 0 Å². The van der Waals surface area contributed by atoms with Crippen LogP contribution in [0.15, 0.2) is 54.9 Å². The SMILES string of the molecule is CC(Nc1ncnc(N)c1C#N)c1nc2cccc(C(=O)O)c2n1-c1ccccc1. The molecule has 9 nitrogen and oxygen atoms in total. The minimum Gasteiger partial charge on any atom is -0.478 e. The van der Waals surface area contributed by atoms with Crippen LogP contribution in [-0.2, 0) is 0 Å². The van der Waals surface area contributed by atoms with Crippen molar-refractivity contribution in [1.82, 2.24) is 19.5 Å².